The molecule has 2 rings (SSSR count). The summed E-state index contributed by atoms with van der Waals surface area (Å²) in [5.74, 6) is 0.688. The first-order valence-electron chi connectivity index (χ1n) is 6.19. The highest BCUT2D eigenvalue weighted by Crippen LogP contribution is 2.25. The van der Waals surface area contributed by atoms with Gasteiger partial charge in [0, 0.05) is 26.1 Å². The minimum Gasteiger partial charge on any atom is -0.440 e. The summed E-state index contributed by atoms with van der Waals surface area (Å²) >= 11 is 0. The van der Waals surface area contributed by atoms with Crippen LogP contribution in [0.25, 0.3) is 0 Å². The number of nitrogens with zero attached hydrogens (tertiary/aromatic N) is 4. The Morgan fingerprint density at radius 1 is 1.55 bits per heavy atom. The second-order valence-electron chi connectivity index (χ2n) is 4.75. The van der Waals surface area contributed by atoms with Crippen LogP contribution in [-0.2, 0) is 11.8 Å². The minimum absolute atomic E-state index is 0.0327. The van der Waals surface area contributed by atoms with E-state index in [2.05, 4.69) is 14.9 Å². The molecule has 1 fully saturated rings. The Morgan fingerprint density at radius 2 is 2.30 bits per heavy atom. The first kappa shape index (κ1) is 14.6. The Labute approximate surface area is 113 Å². The van der Waals surface area contributed by atoms with Crippen LogP contribution in [0.2, 0.25) is 0 Å². The van der Waals surface area contributed by atoms with Gasteiger partial charge in [-0.2, -0.15) is 13.2 Å². The number of halogens is 3. The van der Waals surface area contributed by atoms with Gasteiger partial charge in [0.2, 0.25) is 0 Å². The van der Waals surface area contributed by atoms with E-state index in [0.29, 0.717) is 19.5 Å². The second-order valence-corrected chi connectivity index (χ2v) is 4.75. The number of aromatic nitrogens is 3. The van der Waals surface area contributed by atoms with E-state index in [9.17, 15) is 18.0 Å². The predicted molar refractivity (Wildman–Crippen MR) is 62.0 cm³/mol. The number of alkyl halides is 3. The van der Waals surface area contributed by atoms with Gasteiger partial charge in [0.1, 0.15) is 12.2 Å². The topological polar surface area (TPSA) is 60.2 Å². The molecule has 1 aliphatic rings. The normalized spacial score (nSPS) is 20.0. The maximum absolute atomic E-state index is 12.0. The van der Waals surface area contributed by atoms with Crippen molar-refractivity contribution in [3.63, 3.8) is 0 Å². The highest BCUT2D eigenvalue weighted by Gasteiger charge is 2.33. The van der Waals surface area contributed by atoms with Gasteiger partial charge in [-0.15, -0.1) is 10.2 Å². The van der Waals surface area contributed by atoms with Crippen molar-refractivity contribution in [3.05, 3.63) is 12.2 Å². The van der Waals surface area contributed by atoms with Crippen LogP contribution < -0.4 is 0 Å². The van der Waals surface area contributed by atoms with Crippen molar-refractivity contribution >= 4 is 6.09 Å². The maximum Gasteiger partial charge on any atom is 0.422 e. The molecule has 1 atom stereocenters. The Bertz CT molecular complexity index is 474. The average molecular weight is 292 g/mol. The smallest absolute Gasteiger partial charge is 0.422 e. The lowest BCUT2D eigenvalue weighted by Crippen LogP contribution is -2.41. The molecule has 0 saturated carbocycles. The highest BCUT2D eigenvalue weighted by atomic mass is 19.4. The van der Waals surface area contributed by atoms with E-state index in [1.807, 2.05) is 0 Å². The number of hydrogen-bond acceptors (Lipinski definition) is 4. The molecule has 112 valence electrons. The molecule has 1 amide bonds. The minimum atomic E-state index is -4.51. The molecule has 0 bridgehead atoms. The fourth-order valence-corrected chi connectivity index (χ4v) is 2.25. The summed E-state index contributed by atoms with van der Waals surface area (Å²) in [6, 6.07) is 0. The van der Waals surface area contributed by atoms with Crippen LogP contribution in [0.5, 0.6) is 0 Å². The van der Waals surface area contributed by atoms with Gasteiger partial charge in [-0.25, -0.2) is 4.79 Å². The van der Waals surface area contributed by atoms with Crippen molar-refractivity contribution < 1.29 is 22.7 Å². The van der Waals surface area contributed by atoms with Crippen molar-refractivity contribution in [1.29, 1.82) is 0 Å². The molecule has 0 unspecified atom stereocenters. The number of likely N-dealkylation sites (tertiary alicyclic amines) is 1. The van der Waals surface area contributed by atoms with Crippen molar-refractivity contribution in [2.24, 2.45) is 7.05 Å². The second kappa shape index (κ2) is 5.68. The summed E-state index contributed by atoms with van der Waals surface area (Å²) in [5.41, 5.74) is 0. The van der Waals surface area contributed by atoms with E-state index >= 15 is 0 Å². The van der Waals surface area contributed by atoms with Gasteiger partial charge in [0.25, 0.3) is 0 Å². The van der Waals surface area contributed by atoms with Crippen LogP contribution in [0.1, 0.15) is 24.6 Å². The van der Waals surface area contributed by atoms with Crippen molar-refractivity contribution in [2.75, 3.05) is 19.7 Å². The lowest BCUT2D eigenvalue weighted by atomic mass is 9.97. The molecule has 1 aromatic rings. The zero-order valence-corrected chi connectivity index (χ0v) is 10.9. The molecule has 0 N–H and O–H groups in total. The molecule has 1 aliphatic heterocycles. The molecule has 1 saturated heterocycles. The lowest BCUT2D eigenvalue weighted by molar-refractivity contribution is -0.162. The SMILES string of the molecule is Cn1cnnc1[C@@H]1CCCN(C(=O)OCC(F)(F)F)C1. The Kier molecular flexibility index (Phi) is 4.15. The standard InChI is InChI=1S/C11H15F3N4O2/c1-17-7-15-16-9(17)8-3-2-4-18(5-8)10(19)20-6-11(12,13)14/h7-8H,2-6H2,1H3/t8-/m1/s1. The third-order valence-electron chi connectivity index (χ3n) is 3.15. The number of carbonyl (C=O) groups is 1. The zero-order valence-electron chi connectivity index (χ0n) is 10.9. The van der Waals surface area contributed by atoms with Crippen LogP contribution in [0.4, 0.5) is 18.0 Å². The van der Waals surface area contributed by atoms with Crippen molar-refractivity contribution in [3.8, 4) is 0 Å². The molecule has 0 aliphatic carbocycles. The summed E-state index contributed by atoms with van der Waals surface area (Å²) in [7, 11) is 1.79. The molecule has 2 heterocycles. The van der Waals surface area contributed by atoms with Gasteiger partial charge in [-0.05, 0) is 12.8 Å². The van der Waals surface area contributed by atoms with E-state index in [1.54, 1.807) is 17.9 Å². The van der Waals surface area contributed by atoms with E-state index < -0.39 is 18.9 Å². The Balaban J connectivity index is 1.93. The number of amides is 1. The van der Waals surface area contributed by atoms with Gasteiger partial charge in [-0.3, -0.25) is 0 Å². The monoisotopic (exact) mass is 292 g/mol. The first-order chi connectivity index (χ1) is 9.37. The molecular formula is C11H15F3N4O2. The highest BCUT2D eigenvalue weighted by molar-refractivity contribution is 5.67. The number of ether oxygens (including phenoxy) is 1. The molecule has 0 aromatic carbocycles. The predicted octanol–water partition coefficient (Wildman–Crippen LogP) is 1.69. The van der Waals surface area contributed by atoms with Gasteiger partial charge in [0.05, 0.1) is 0 Å². The van der Waals surface area contributed by atoms with Crippen LogP contribution in [0, 0.1) is 0 Å². The van der Waals surface area contributed by atoms with E-state index in [4.69, 9.17) is 0 Å². The fraction of sp³-hybridized carbons (Fsp3) is 0.727. The number of aryl methyl sites for hydroxylation is 1. The summed E-state index contributed by atoms with van der Waals surface area (Å²) in [4.78, 5) is 12.9. The zero-order chi connectivity index (χ0) is 14.8. The largest absolute Gasteiger partial charge is 0.440 e. The van der Waals surface area contributed by atoms with Crippen LogP contribution in [0.3, 0.4) is 0 Å². The first-order valence-corrected chi connectivity index (χ1v) is 6.19. The van der Waals surface area contributed by atoms with Crippen LogP contribution >= 0.6 is 0 Å². The van der Waals surface area contributed by atoms with E-state index in [1.165, 1.54) is 4.90 Å². The third kappa shape index (κ3) is 3.61. The van der Waals surface area contributed by atoms with Crippen molar-refractivity contribution in [1.82, 2.24) is 19.7 Å². The number of hydrogen-bond donors (Lipinski definition) is 0. The van der Waals surface area contributed by atoms with Crippen molar-refractivity contribution in [2.45, 2.75) is 24.9 Å². The molecule has 6 nitrogen and oxygen atoms in total. The third-order valence-corrected chi connectivity index (χ3v) is 3.15. The van der Waals surface area contributed by atoms with Crippen LogP contribution in [-0.4, -0.2) is 51.6 Å². The Morgan fingerprint density at radius 3 is 2.90 bits per heavy atom. The molecule has 1 aromatic heterocycles. The van der Waals surface area contributed by atoms with E-state index in [0.717, 1.165) is 12.2 Å². The quantitative estimate of drug-likeness (QED) is 0.832. The van der Waals surface area contributed by atoms with Gasteiger partial charge in [0.15, 0.2) is 6.61 Å². The molecule has 9 heteroatoms. The van der Waals surface area contributed by atoms with Gasteiger partial charge in [-0.1, -0.05) is 0 Å². The Hall–Kier alpha value is -1.80. The lowest BCUT2D eigenvalue weighted by Gasteiger charge is -2.31. The fourth-order valence-electron chi connectivity index (χ4n) is 2.25. The average Bonchev–Trinajstić information content (AvgIpc) is 2.81. The number of rotatable bonds is 2. The van der Waals surface area contributed by atoms with Crippen LogP contribution in [0.15, 0.2) is 6.33 Å². The summed E-state index contributed by atoms with van der Waals surface area (Å²) < 4.78 is 42.1. The molecular weight excluding hydrogens is 277 g/mol. The van der Waals surface area contributed by atoms with E-state index in [-0.39, 0.29) is 5.92 Å². The summed E-state index contributed by atoms with van der Waals surface area (Å²) in [6.07, 6.45) is -2.38. The summed E-state index contributed by atoms with van der Waals surface area (Å²) in [5, 5.41) is 7.74. The molecule has 20 heavy (non-hydrogen) atoms. The number of piperidine rings is 1. The number of carbonyl (C=O) groups excluding carboxylic acids is 1. The maximum atomic E-state index is 12.0. The summed E-state index contributed by atoms with van der Waals surface area (Å²) in [6.45, 7) is -0.870. The molecule has 0 radical (unpaired) electrons. The molecule has 0 spiro atoms. The van der Waals surface area contributed by atoms with Gasteiger partial charge >= 0.3 is 12.3 Å². The van der Waals surface area contributed by atoms with Gasteiger partial charge < -0.3 is 14.2 Å².